The Bertz CT molecular complexity index is 566. The van der Waals surface area contributed by atoms with Gasteiger partial charge in [-0.05, 0) is 42.8 Å². The van der Waals surface area contributed by atoms with Crippen LogP contribution < -0.4 is 10.9 Å². The Kier molecular flexibility index (Phi) is 2.95. The van der Waals surface area contributed by atoms with Gasteiger partial charge < -0.3 is 4.42 Å². The van der Waals surface area contributed by atoms with Crippen molar-refractivity contribution in [1.82, 2.24) is 5.43 Å². The summed E-state index contributed by atoms with van der Waals surface area (Å²) in [4.78, 5) is 11.9. The summed E-state index contributed by atoms with van der Waals surface area (Å²) in [5.41, 5.74) is 6.02. The largest absolute Gasteiger partial charge is 0.469 e. The number of anilines is 1. The molecular weight excluding hydrogens is 247 g/mol. The lowest BCUT2D eigenvalue weighted by molar-refractivity contribution is -0.121. The van der Waals surface area contributed by atoms with Gasteiger partial charge in [0.2, 0.25) is 5.91 Å². The highest BCUT2D eigenvalue weighted by Gasteiger charge is 2.45. The number of carbonyl (C=O) groups is 1. The molecule has 0 spiro atoms. The summed E-state index contributed by atoms with van der Waals surface area (Å²) in [6.45, 7) is 0. The smallest absolute Gasteiger partial charge is 0.242 e. The van der Waals surface area contributed by atoms with Crippen LogP contribution in [0.1, 0.15) is 18.1 Å². The Morgan fingerprint density at radius 3 is 2.74 bits per heavy atom. The van der Waals surface area contributed by atoms with Gasteiger partial charge in [-0.3, -0.25) is 15.6 Å². The first-order chi connectivity index (χ1) is 9.24. The van der Waals surface area contributed by atoms with Crippen LogP contribution in [0.15, 0.2) is 47.1 Å². The van der Waals surface area contributed by atoms with E-state index in [-0.39, 0.29) is 23.6 Å². The van der Waals surface area contributed by atoms with Gasteiger partial charge in [-0.2, -0.15) is 0 Å². The molecule has 1 amide bonds. The average molecular weight is 260 g/mol. The van der Waals surface area contributed by atoms with E-state index in [1.165, 1.54) is 12.1 Å². The van der Waals surface area contributed by atoms with Gasteiger partial charge in [0.05, 0.1) is 17.9 Å². The molecule has 2 aromatic rings. The van der Waals surface area contributed by atoms with Crippen LogP contribution in [-0.2, 0) is 4.79 Å². The molecule has 5 heteroatoms. The number of hydrazine groups is 1. The highest BCUT2D eigenvalue weighted by atomic mass is 19.1. The van der Waals surface area contributed by atoms with Crippen LogP contribution in [0.3, 0.4) is 0 Å². The van der Waals surface area contributed by atoms with Gasteiger partial charge in [-0.15, -0.1) is 0 Å². The SMILES string of the molecule is O=C(NNc1ccc(F)cc1)C1CC1c1ccco1. The maximum atomic E-state index is 12.7. The van der Waals surface area contributed by atoms with Gasteiger partial charge in [0.15, 0.2) is 0 Å². The van der Waals surface area contributed by atoms with Crippen molar-refractivity contribution in [3.63, 3.8) is 0 Å². The predicted molar refractivity (Wildman–Crippen MR) is 67.7 cm³/mol. The highest BCUT2D eigenvalue weighted by molar-refractivity contribution is 5.83. The Morgan fingerprint density at radius 1 is 1.26 bits per heavy atom. The van der Waals surface area contributed by atoms with Crippen LogP contribution in [0.25, 0.3) is 0 Å². The average Bonchev–Trinajstić information content (AvgIpc) is 3.04. The molecule has 0 aliphatic heterocycles. The molecule has 1 aromatic carbocycles. The summed E-state index contributed by atoms with van der Waals surface area (Å²) >= 11 is 0. The van der Waals surface area contributed by atoms with Crippen LogP contribution in [0, 0.1) is 11.7 Å². The van der Waals surface area contributed by atoms with E-state index in [0.29, 0.717) is 5.69 Å². The van der Waals surface area contributed by atoms with E-state index < -0.39 is 0 Å². The minimum absolute atomic E-state index is 0.0564. The number of carbonyl (C=O) groups excluding carboxylic acids is 1. The molecular formula is C14H13FN2O2. The number of rotatable bonds is 4. The molecule has 1 aliphatic rings. The van der Waals surface area contributed by atoms with E-state index in [2.05, 4.69) is 10.9 Å². The molecule has 2 N–H and O–H groups in total. The molecule has 0 saturated heterocycles. The second-order valence-electron chi connectivity index (χ2n) is 4.59. The van der Waals surface area contributed by atoms with Crippen LogP contribution >= 0.6 is 0 Å². The summed E-state index contributed by atoms with van der Waals surface area (Å²) < 4.78 is 18.0. The van der Waals surface area contributed by atoms with Crippen molar-refractivity contribution in [2.24, 2.45) is 5.92 Å². The van der Waals surface area contributed by atoms with Crippen LogP contribution in [0.4, 0.5) is 10.1 Å². The summed E-state index contributed by atoms with van der Waals surface area (Å²) in [6, 6.07) is 9.48. The third-order valence-electron chi connectivity index (χ3n) is 3.21. The fourth-order valence-electron chi connectivity index (χ4n) is 2.06. The topological polar surface area (TPSA) is 54.3 Å². The van der Waals surface area contributed by atoms with Crippen molar-refractivity contribution in [3.05, 3.63) is 54.2 Å². The molecule has 4 nitrogen and oxygen atoms in total. The maximum absolute atomic E-state index is 12.7. The number of benzene rings is 1. The summed E-state index contributed by atoms with van der Waals surface area (Å²) in [5.74, 6) is 0.578. The molecule has 19 heavy (non-hydrogen) atoms. The van der Waals surface area contributed by atoms with Gasteiger partial charge in [-0.1, -0.05) is 0 Å². The van der Waals surface area contributed by atoms with Crippen LogP contribution in [0.5, 0.6) is 0 Å². The first-order valence-electron chi connectivity index (χ1n) is 6.09. The van der Waals surface area contributed by atoms with Crippen LogP contribution in [0.2, 0.25) is 0 Å². The molecule has 1 fully saturated rings. The lowest BCUT2D eigenvalue weighted by atomic mass is 10.2. The minimum Gasteiger partial charge on any atom is -0.469 e. The standard InChI is InChI=1S/C14H13FN2O2/c15-9-3-5-10(6-4-9)16-17-14(18)12-8-11(12)13-2-1-7-19-13/h1-7,11-12,16H,8H2,(H,17,18). The minimum atomic E-state index is -0.308. The normalized spacial score (nSPS) is 20.9. The Morgan fingerprint density at radius 2 is 2.05 bits per heavy atom. The van der Waals surface area contributed by atoms with Crippen molar-refractivity contribution in [3.8, 4) is 0 Å². The molecule has 2 atom stereocenters. The molecule has 1 saturated carbocycles. The molecule has 2 unspecified atom stereocenters. The number of hydrogen-bond acceptors (Lipinski definition) is 3. The monoisotopic (exact) mass is 260 g/mol. The van der Waals surface area contributed by atoms with Crippen molar-refractivity contribution >= 4 is 11.6 Å². The lowest BCUT2D eigenvalue weighted by Crippen LogP contribution is -2.31. The van der Waals surface area contributed by atoms with Crippen molar-refractivity contribution < 1.29 is 13.6 Å². The molecule has 3 rings (SSSR count). The Labute approximate surface area is 109 Å². The van der Waals surface area contributed by atoms with Crippen molar-refractivity contribution in [1.29, 1.82) is 0 Å². The second kappa shape index (κ2) is 4.76. The van der Waals surface area contributed by atoms with E-state index in [4.69, 9.17) is 4.42 Å². The number of amides is 1. The zero-order valence-electron chi connectivity index (χ0n) is 10.1. The van der Waals surface area contributed by atoms with E-state index >= 15 is 0 Å². The first-order valence-corrected chi connectivity index (χ1v) is 6.09. The highest BCUT2D eigenvalue weighted by Crippen LogP contribution is 2.47. The van der Waals surface area contributed by atoms with Crippen molar-refractivity contribution in [2.45, 2.75) is 12.3 Å². The van der Waals surface area contributed by atoms with Crippen LogP contribution in [-0.4, -0.2) is 5.91 Å². The molecule has 1 aromatic heterocycles. The van der Waals surface area contributed by atoms with Gasteiger partial charge >= 0.3 is 0 Å². The quantitative estimate of drug-likeness (QED) is 0.831. The fraction of sp³-hybridized carbons (Fsp3) is 0.214. The fourth-order valence-corrected chi connectivity index (χ4v) is 2.06. The second-order valence-corrected chi connectivity index (χ2v) is 4.59. The Hall–Kier alpha value is -2.30. The third-order valence-corrected chi connectivity index (χ3v) is 3.21. The molecule has 0 bridgehead atoms. The predicted octanol–water partition coefficient (Wildman–Crippen LogP) is 2.67. The zero-order chi connectivity index (χ0) is 13.2. The molecule has 98 valence electrons. The van der Waals surface area contributed by atoms with Gasteiger partial charge in [0.1, 0.15) is 11.6 Å². The van der Waals surface area contributed by atoms with E-state index in [0.717, 1.165) is 12.2 Å². The number of nitrogens with one attached hydrogen (secondary N) is 2. The summed E-state index contributed by atoms with van der Waals surface area (Å²) in [5, 5.41) is 0. The maximum Gasteiger partial charge on any atom is 0.242 e. The molecule has 1 heterocycles. The first kappa shape index (κ1) is 11.8. The third kappa shape index (κ3) is 2.59. The lowest BCUT2D eigenvalue weighted by Gasteiger charge is -2.07. The summed E-state index contributed by atoms with van der Waals surface area (Å²) in [6.07, 6.45) is 2.41. The number of hydrogen-bond donors (Lipinski definition) is 2. The number of halogens is 1. The van der Waals surface area contributed by atoms with Crippen molar-refractivity contribution in [2.75, 3.05) is 5.43 Å². The van der Waals surface area contributed by atoms with Gasteiger partial charge in [0, 0.05) is 5.92 Å². The van der Waals surface area contributed by atoms with E-state index in [1.54, 1.807) is 18.4 Å². The molecule has 0 radical (unpaired) electrons. The summed E-state index contributed by atoms with van der Waals surface area (Å²) in [7, 11) is 0. The van der Waals surface area contributed by atoms with E-state index in [9.17, 15) is 9.18 Å². The Balaban J connectivity index is 1.52. The van der Waals surface area contributed by atoms with Gasteiger partial charge in [-0.25, -0.2) is 4.39 Å². The van der Waals surface area contributed by atoms with Gasteiger partial charge in [0.25, 0.3) is 0 Å². The van der Waals surface area contributed by atoms with E-state index in [1.807, 2.05) is 12.1 Å². The zero-order valence-corrected chi connectivity index (χ0v) is 10.1. The molecule has 1 aliphatic carbocycles. The number of furan rings is 1.